The Labute approximate surface area is 73.1 Å². The lowest BCUT2D eigenvalue weighted by Crippen LogP contribution is -2.57. The van der Waals surface area contributed by atoms with Gasteiger partial charge in [0.25, 0.3) is 0 Å². The Morgan fingerprint density at radius 3 is 2.09 bits per heavy atom. The van der Waals surface area contributed by atoms with Crippen molar-refractivity contribution < 1.29 is 4.79 Å². The van der Waals surface area contributed by atoms with Crippen molar-refractivity contribution in [1.82, 2.24) is 0 Å². The number of rotatable bonds is 2. The van der Waals surface area contributed by atoms with Gasteiger partial charge in [-0.25, -0.2) is 0 Å². The van der Waals surface area contributed by atoms with Crippen LogP contribution in [0.2, 0.25) is 0 Å². The van der Waals surface area contributed by atoms with E-state index >= 15 is 0 Å². The number of carbonyl (C=O) groups is 1. The average molecular weight is 175 g/mol. The van der Waals surface area contributed by atoms with Crippen molar-refractivity contribution in [2.24, 2.45) is 11.3 Å². The zero-order chi connectivity index (χ0) is 8.65. The molecule has 0 radical (unpaired) electrons. The van der Waals surface area contributed by atoms with Crippen LogP contribution in [0.25, 0.3) is 0 Å². The van der Waals surface area contributed by atoms with E-state index in [-0.39, 0.29) is 22.5 Å². The molecule has 1 aliphatic carbocycles. The predicted octanol–water partition coefficient (Wildman–Crippen LogP) is 2.62. The second-order valence-electron chi connectivity index (χ2n) is 3.43. The molecule has 1 aliphatic rings. The minimum absolute atomic E-state index is 0.110. The summed E-state index contributed by atoms with van der Waals surface area (Å²) in [7, 11) is 0. The van der Waals surface area contributed by atoms with E-state index < -0.39 is 0 Å². The first-order chi connectivity index (χ1) is 5.10. The lowest BCUT2D eigenvalue weighted by Gasteiger charge is -2.50. The molecule has 0 spiro atoms. The fourth-order valence-corrected chi connectivity index (χ4v) is 2.82. The van der Waals surface area contributed by atoms with Crippen LogP contribution in [0.15, 0.2) is 0 Å². The Bertz CT molecular complexity index is 158. The molecule has 2 atom stereocenters. The first-order valence-electron chi connectivity index (χ1n) is 4.28. The first kappa shape index (κ1) is 9.05. The molecule has 0 saturated heterocycles. The molecule has 1 nitrogen and oxygen atoms in total. The van der Waals surface area contributed by atoms with Crippen LogP contribution in [-0.4, -0.2) is 11.2 Å². The van der Waals surface area contributed by atoms with Gasteiger partial charge in [-0.2, -0.15) is 0 Å². The minimum Gasteiger partial charge on any atom is -0.298 e. The number of hydrogen-bond acceptors (Lipinski definition) is 1. The summed E-state index contributed by atoms with van der Waals surface area (Å²) in [5.41, 5.74) is 0.110. The molecular weight excluding hydrogens is 160 g/mol. The predicted molar refractivity (Wildman–Crippen MR) is 46.8 cm³/mol. The van der Waals surface area contributed by atoms with Crippen LogP contribution < -0.4 is 0 Å². The van der Waals surface area contributed by atoms with Gasteiger partial charge in [0.2, 0.25) is 0 Å². The van der Waals surface area contributed by atoms with Crippen molar-refractivity contribution in [2.75, 3.05) is 0 Å². The standard InChI is InChI=1S/C9H15ClO/c1-4-9(5-2)6(3)7(11)8(9)10/h6,8H,4-5H2,1-3H3. The van der Waals surface area contributed by atoms with Crippen molar-refractivity contribution in [3.05, 3.63) is 0 Å². The van der Waals surface area contributed by atoms with Gasteiger partial charge in [-0.1, -0.05) is 20.8 Å². The molecule has 2 unspecified atom stereocenters. The molecule has 64 valence electrons. The second-order valence-corrected chi connectivity index (χ2v) is 3.86. The summed E-state index contributed by atoms with van der Waals surface area (Å²) in [4.78, 5) is 11.2. The van der Waals surface area contributed by atoms with Crippen LogP contribution in [0.3, 0.4) is 0 Å². The number of hydrogen-bond donors (Lipinski definition) is 0. The highest BCUT2D eigenvalue weighted by Gasteiger charge is 2.56. The van der Waals surface area contributed by atoms with Crippen LogP contribution >= 0.6 is 11.6 Å². The Morgan fingerprint density at radius 1 is 1.45 bits per heavy atom. The lowest BCUT2D eigenvalue weighted by molar-refractivity contribution is -0.141. The number of carbonyl (C=O) groups excluding carboxylic acids is 1. The van der Waals surface area contributed by atoms with E-state index in [9.17, 15) is 4.79 Å². The summed E-state index contributed by atoms with van der Waals surface area (Å²) in [5.74, 6) is 0.412. The van der Waals surface area contributed by atoms with Gasteiger partial charge in [-0.05, 0) is 12.8 Å². The smallest absolute Gasteiger partial charge is 0.154 e. The minimum atomic E-state index is -0.215. The van der Waals surface area contributed by atoms with E-state index in [1.807, 2.05) is 6.92 Å². The zero-order valence-electron chi connectivity index (χ0n) is 7.36. The first-order valence-corrected chi connectivity index (χ1v) is 4.71. The molecule has 1 rings (SSSR count). The maximum absolute atomic E-state index is 11.2. The van der Waals surface area contributed by atoms with Crippen LogP contribution in [0.4, 0.5) is 0 Å². The van der Waals surface area contributed by atoms with Crippen LogP contribution in [0.5, 0.6) is 0 Å². The topological polar surface area (TPSA) is 17.1 Å². The van der Waals surface area contributed by atoms with Crippen LogP contribution in [0, 0.1) is 11.3 Å². The van der Waals surface area contributed by atoms with E-state index in [1.54, 1.807) is 0 Å². The fraction of sp³-hybridized carbons (Fsp3) is 0.889. The van der Waals surface area contributed by atoms with E-state index in [0.29, 0.717) is 0 Å². The number of halogens is 1. The fourth-order valence-electron chi connectivity index (χ4n) is 2.13. The molecule has 0 aromatic carbocycles. The molecule has 0 aromatic heterocycles. The Balaban J connectivity index is 2.78. The molecule has 0 heterocycles. The highest BCUT2D eigenvalue weighted by atomic mass is 35.5. The van der Waals surface area contributed by atoms with E-state index in [1.165, 1.54) is 0 Å². The molecule has 0 amide bonds. The zero-order valence-corrected chi connectivity index (χ0v) is 8.11. The van der Waals surface area contributed by atoms with Crippen molar-refractivity contribution in [2.45, 2.75) is 39.0 Å². The summed E-state index contributed by atoms with van der Waals surface area (Å²) < 4.78 is 0. The molecule has 1 fully saturated rings. The molecule has 1 saturated carbocycles. The van der Waals surface area contributed by atoms with Gasteiger partial charge in [0.1, 0.15) is 0 Å². The second kappa shape index (κ2) is 2.78. The highest BCUT2D eigenvalue weighted by molar-refractivity contribution is 6.34. The summed E-state index contributed by atoms with van der Waals surface area (Å²) in [6, 6.07) is 0. The molecule has 2 heteroatoms. The third kappa shape index (κ3) is 0.936. The molecule has 0 aliphatic heterocycles. The van der Waals surface area contributed by atoms with Gasteiger partial charge in [0.15, 0.2) is 5.78 Å². The maximum Gasteiger partial charge on any atom is 0.154 e. The largest absolute Gasteiger partial charge is 0.298 e. The number of alkyl halides is 1. The van der Waals surface area contributed by atoms with Gasteiger partial charge in [-0.15, -0.1) is 11.6 Å². The third-order valence-corrected chi connectivity index (χ3v) is 4.01. The van der Waals surface area contributed by atoms with Gasteiger partial charge >= 0.3 is 0 Å². The SMILES string of the molecule is CCC1(CC)C(C)C(=O)C1Cl. The van der Waals surface area contributed by atoms with Crippen molar-refractivity contribution >= 4 is 17.4 Å². The number of Topliss-reactive ketones (excluding diaryl/α,β-unsaturated/α-hetero) is 1. The molecular formula is C9H15ClO. The van der Waals surface area contributed by atoms with E-state index in [4.69, 9.17) is 11.6 Å². The lowest BCUT2D eigenvalue weighted by atomic mass is 9.57. The summed E-state index contributed by atoms with van der Waals surface area (Å²) in [6.45, 7) is 6.22. The quantitative estimate of drug-likeness (QED) is 0.589. The van der Waals surface area contributed by atoms with Crippen LogP contribution in [0.1, 0.15) is 33.6 Å². The summed E-state index contributed by atoms with van der Waals surface area (Å²) in [5, 5.41) is -0.215. The maximum atomic E-state index is 11.2. The van der Waals surface area contributed by atoms with Gasteiger partial charge < -0.3 is 0 Å². The van der Waals surface area contributed by atoms with E-state index in [0.717, 1.165) is 12.8 Å². The van der Waals surface area contributed by atoms with E-state index in [2.05, 4.69) is 13.8 Å². The Morgan fingerprint density at radius 2 is 1.91 bits per heavy atom. The van der Waals surface area contributed by atoms with Crippen LogP contribution in [-0.2, 0) is 4.79 Å². The van der Waals surface area contributed by atoms with Crippen molar-refractivity contribution in [3.8, 4) is 0 Å². The summed E-state index contributed by atoms with van der Waals surface area (Å²) >= 11 is 5.97. The van der Waals surface area contributed by atoms with Gasteiger partial charge in [0.05, 0.1) is 5.38 Å². The molecule has 0 aromatic rings. The van der Waals surface area contributed by atoms with Crippen molar-refractivity contribution in [1.29, 1.82) is 0 Å². The van der Waals surface area contributed by atoms with Gasteiger partial charge in [0, 0.05) is 11.3 Å². The normalized spacial score (nSPS) is 35.1. The number of ketones is 1. The molecule has 0 N–H and O–H groups in total. The summed E-state index contributed by atoms with van der Waals surface area (Å²) in [6.07, 6.45) is 2.04. The third-order valence-electron chi connectivity index (χ3n) is 3.36. The van der Waals surface area contributed by atoms with Gasteiger partial charge in [-0.3, -0.25) is 4.79 Å². The average Bonchev–Trinajstić information content (AvgIpc) is 2.06. The Hall–Kier alpha value is -0.0400. The molecule has 11 heavy (non-hydrogen) atoms. The highest BCUT2D eigenvalue weighted by Crippen LogP contribution is 2.51. The van der Waals surface area contributed by atoms with Crippen molar-refractivity contribution in [3.63, 3.8) is 0 Å². The molecule has 0 bridgehead atoms. The Kier molecular flexibility index (Phi) is 2.29. The monoisotopic (exact) mass is 174 g/mol.